The summed E-state index contributed by atoms with van der Waals surface area (Å²) < 4.78 is 6.97. The van der Waals surface area contributed by atoms with Crippen LogP contribution < -0.4 is 0 Å². The number of benzene rings is 1. The molecule has 1 aliphatic rings. The number of aryl methyl sites for hydroxylation is 3. The summed E-state index contributed by atoms with van der Waals surface area (Å²) in [6.45, 7) is 0.870. The second-order valence-corrected chi connectivity index (χ2v) is 5.66. The van der Waals surface area contributed by atoms with Gasteiger partial charge in [-0.2, -0.15) is 0 Å². The van der Waals surface area contributed by atoms with Crippen LogP contribution in [-0.2, 0) is 35.3 Å². The molecule has 0 amide bonds. The van der Waals surface area contributed by atoms with E-state index in [4.69, 9.17) is 9.84 Å². The Morgan fingerprint density at radius 3 is 2.82 bits per heavy atom. The SMILES string of the molecule is COC(=O)Cc1c2c(cn1CCCO)CCc1ccccc1-2. The van der Waals surface area contributed by atoms with Gasteiger partial charge in [0.05, 0.1) is 13.5 Å². The van der Waals surface area contributed by atoms with Gasteiger partial charge >= 0.3 is 5.97 Å². The molecule has 22 heavy (non-hydrogen) atoms. The second kappa shape index (κ2) is 6.36. The van der Waals surface area contributed by atoms with Crippen LogP contribution in [0.15, 0.2) is 30.5 Å². The predicted octanol–water partition coefficient (Wildman–Crippen LogP) is 2.35. The summed E-state index contributed by atoms with van der Waals surface area (Å²) in [5.74, 6) is -0.228. The van der Waals surface area contributed by atoms with Crippen LogP contribution in [-0.4, -0.2) is 29.4 Å². The third-order valence-electron chi connectivity index (χ3n) is 4.32. The molecule has 0 bridgehead atoms. The molecular formula is C18H21NO3. The number of carbonyl (C=O) groups is 1. The number of hydrogen-bond donors (Lipinski definition) is 1. The van der Waals surface area contributed by atoms with Crippen molar-refractivity contribution in [3.63, 3.8) is 0 Å². The molecule has 0 unspecified atom stereocenters. The van der Waals surface area contributed by atoms with Gasteiger partial charge in [0.25, 0.3) is 0 Å². The van der Waals surface area contributed by atoms with Gasteiger partial charge < -0.3 is 14.4 Å². The number of hydrogen-bond acceptors (Lipinski definition) is 3. The van der Waals surface area contributed by atoms with Crippen molar-refractivity contribution in [2.75, 3.05) is 13.7 Å². The van der Waals surface area contributed by atoms with Crippen molar-refractivity contribution in [1.29, 1.82) is 0 Å². The van der Waals surface area contributed by atoms with Gasteiger partial charge in [0.15, 0.2) is 0 Å². The molecule has 2 aromatic rings. The van der Waals surface area contributed by atoms with E-state index in [1.165, 1.54) is 29.4 Å². The lowest BCUT2D eigenvalue weighted by molar-refractivity contribution is -0.139. The average molecular weight is 299 g/mol. The fraction of sp³-hybridized carbons (Fsp3) is 0.389. The van der Waals surface area contributed by atoms with Crippen LogP contribution in [0.1, 0.15) is 23.2 Å². The van der Waals surface area contributed by atoms with Gasteiger partial charge in [-0.15, -0.1) is 0 Å². The third-order valence-corrected chi connectivity index (χ3v) is 4.32. The number of aliphatic hydroxyl groups excluding tert-OH is 1. The van der Waals surface area contributed by atoms with E-state index in [-0.39, 0.29) is 19.0 Å². The van der Waals surface area contributed by atoms with Gasteiger partial charge in [-0.05, 0) is 36.0 Å². The number of fused-ring (bicyclic) bond motifs is 3. The highest BCUT2D eigenvalue weighted by molar-refractivity contribution is 5.81. The number of aliphatic hydroxyl groups is 1. The molecule has 0 radical (unpaired) electrons. The average Bonchev–Trinajstić information content (AvgIpc) is 2.90. The zero-order valence-corrected chi connectivity index (χ0v) is 12.8. The van der Waals surface area contributed by atoms with Crippen molar-refractivity contribution in [2.45, 2.75) is 32.2 Å². The van der Waals surface area contributed by atoms with Crippen molar-refractivity contribution in [3.8, 4) is 11.1 Å². The zero-order valence-electron chi connectivity index (χ0n) is 12.8. The molecule has 0 saturated heterocycles. The zero-order chi connectivity index (χ0) is 15.5. The lowest BCUT2D eigenvalue weighted by Gasteiger charge is -2.18. The van der Waals surface area contributed by atoms with Crippen LogP contribution in [0, 0.1) is 0 Å². The van der Waals surface area contributed by atoms with Crippen molar-refractivity contribution in [1.82, 2.24) is 4.57 Å². The fourth-order valence-electron chi connectivity index (χ4n) is 3.27. The number of methoxy groups -OCH3 is 1. The van der Waals surface area contributed by atoms with Gasteiger partial charge in [0.1, 0.15) is 0 Å². The monoisotopic (exact) mass is 299 g/mol. The van der Waals surface area contributed by atoms with E-state index in [2.05, 4.69) is 29.0 Å². The molecule has 3 rings (SSSR count). The first-order chi connectivity index (χ1) is 10.7. The topological polar surface area (TPSA) is 51.5 Å². The standard InChI is InChI=1S/C18H21NO3/c1-22-17(21)11-16-18-14(12-19(16)9-4-10-20)8-7-13-5-2-3-6-15(13)18/h2-3,5-6,12,20H,4,7-11H2,1H3. The molecule has 0 fully saturated rings. The molecule has 4 heteroatoms. The highest BCUT2D eigenvalue weighted by atomic mass is 16.5. The van der Waals surface area contributed by atoms with Crippen LogP contribution in [0.3, 0.4) is 0 Å². The Morgan fingerprint density at radius 2 is 2.05 bits per heavy atom. The Kier molecular flexibility index (Phi) is 4.29. The summed E-state index contributed by atoms with van der Waals surface area (Å²) in [6, 6.07) is 8.39. The van der Waals surface area contributed by atoms with Gasteiger partial charge in [0.2, 0.25) is 0 Å². The van der Waals surface area contributed by atoms with E-state index < -0.39 is 0 Å². The number of esters is 1. The summed E-state index contributed by atoms with van der Waals surface area (Å²) in [5, 5.41) is 9.10. The Balaban J connectivity index is 2.09. The first-order valence-corrected chi connectivity index (χ1v) is 7.71. The number of nitrogens with zero attached hydrogens (tertiary/aromatic N) is 1. The quantitative estimate of drug-likeness (QED) is 0.862. The van der Waals surface area contributed by atoms with Crippen molar-refractivity contribution < 1.29 is 14.6 Å². The van der Waals surface area contributed by atoms with E-state index >= 15 is 0 Å². The van der Waals surface area contributed by atoms with Crippen LogP contribution in [0.5, 0.6) is 0 Å². The number of ether oxygens (including phenoxy) is 1. The molecule has 1 N–H and O–H groups in total. The largest absolute Gasteiger partial charge is 0.469 e. The second-order valence-electron chi connectivity index (χ2n) is 5.66. The van der Waals surface area contributed by atoms with E-state index in [9.17, 15) is 4.79 Å². The molecule has 0 saturated carbocycles. The first kappa shape index (κ1) is 14.9. The molecule has 0 atom stereocenters. The molecule has 1 aliphatic carbocycles. The molecular weight excluding hydrogens is 278 g/mol. The maximum Gasteiger partial charge on any atom is 0.311 e. The van der Waals surface area contributed by atoms with Gasteiger partial charge in [-0.1, -0.05) is 24.3 Å². The molecule has 116 valence electrons. The van der Waals surface area contributed by atoms with Gasteiger partial charge in [-0.25, -0.2) is 0 Å². The summed E-state index contributed by atoms with van der Waals surface area (Å²) in [6.07, 6.45) is 5.12. The van der Waals surface area contributed by atoms with E-state index in [1.54, 1.807) is 0 Å². The minimum absolute atomic E-state index is 0.150. The van der Waals surface area contributed by atoms with Gasteiger partial charge in [-0.3, -0.25) is 4.79 Å². The normalized spacial score (nSPS) is 12.6. The maximum absolute atomic E-state index is 11.8. The van der Waals surface area contributed by atoms with E-state index in [1.807, 2.05) is 6.07 Å². The van der Waals surface area contributed by atoms with E-state index in [0.29, 0.717) is 6.42 Å². The van der Waals surface area contributed by atoms with Crippen LogP contribution in [0.2, 0.25) is 0 Å². The summed E-state index contributed by atoms with van der Waals surface area (Å²) >= 11 is 0. The van der Waals surface area contributed by atoms with Gasteiger partial charge in [0, 0.05) is 30.6 Å². The summed E-state index contributed by atoms with van der Waals surface area (Å²) in [7, 11) is 1.42. The predicted molar refractivity (Wildman–Crippen MR) is 84.7 cm³/mol. The Morgan fingerprint density at radius 1 is 1.27 bits per heavy atom. The highest BCUT2D eigenvalue weighted by Crippen LogP contribution is 2.37. The highest BCUT2D eigenvalue weighted by Gasteiger charge is 2.24. The number of carbonyl (C=O) groups excluding carboxylic acids is 1. The minimum atomic E-state index is -0.228. The number of aromatic nitrogens is 1. The lowest BCUT2D eigenvalue weighted by atomic mass is 9.86. The molecule has 1 aromatic heterocycles. The molecule has 4 nitrogen and oxygen atoms in total. The van der Waals surface area contributed by atoms with E-state index in [0.717, 1.165) is 25.1 Å². The van der Waals surface area contributed by atoms with Crippen molar-refractivity contribution >= 4 is 5.97 Å². The minimum Gasteiger partial charge on any atom is -0.469 e. The fourth-order valence-corrected chi connectivity index (χ4v) is 3.27. The van der Waals surface area contributed by atoms with Crippen LogP contribution in [0.25, 0.3) is 11.1 Å². The smallest absolute Gasteiger partial charge is 0.311 e. The van der Waals surface area contributed by atoms with Crippen LogP contribution in [0.4, 0.5) is 0 Å². The van der Waals surface area contributed by atoms with Crippen LogP contribution >= 0.6 is 0 Å². The molecule has 0 aliphatic heterocycles. The maximum atomic E-state index is 11.8. The summed E-state index contributed by atoms with van der Waals surface area (Å²) in [4.78, 5) is 11.8. The Bertz CT molecular complexity index is 688. The lowest BCUT2D eigenvalue weighted by Crippen LogP contribution is -2.12. The molecule has 0 spiro atoms. The third kappa shape index (κ3) is 2.66. The Labute approximate surface area is 130 Å². The van der Waals surface area contributed by atoms with Crippen molar-refractivity contribution in [3.05, 3.63) is 47.3 Å². The number of rotatable bonds is 5. The Hall–Kier alpha value is -2.07. The first-order valence-electron chi connectivity index (χ1n) is 7.71. The summed E-state index contributed by atoms with van der Waals surface area (Å²) in [5.41, 5.74) is 6.04. The molecule has 1 aromatic carbocycles. The molecule has 1 heterocycles. The van der Waals surface area contributed by atoms with Crippen molar-refractivity contribution in [2.24, 2.45) is 0 Å².